The lowest BCUT2D eigenvalue weighted by atomic mass is 9.68. The van der Waals surface area contributed by atoms with Gasteiger partial charge in [-0.05, 0) is 49.4 Å². The van der Waals surface area contributed by atoms with E-state index in [0.717, 1.165) is 45.3 Å². The number of hydrogen-bond acceptors (Lipinski definition) is 2. The molecular formula is C20H29N3O. The molecule has 1 aromatic rings. The van der Waals surface area contributed by atoms with Crippen molar-refractivity contribution in [1.29, 1.82) is 0 Å². The van der Waals surface area contributed by atoms with E-state index >= 15 is 0 Å². The first-order valence-corrected chi connectivity index (χ1v) is 9.38. The van der Waals surface area contributed by atoms with Crippen LogP contribution in [0.25, 0.3) is 0 Å². The molecule has 3 aliphatic rings. The van der Waals surface area contributed by atoms with Gasteiger partial charge in [-0.15, -0.1) is 0 Å². The van der Waals surface area contributed by atoms with Crippen LogP contribution in [0.5, 0.6) is 0 Å². The molecule has 0 radical (unpaired) electrons. The van der Waals surface area contributed by atoms with E-state index in [1.165, 1.54) is 12.0 Å². The van der Waals surface area contributed by atoms with E-state index in [1.54, 1.807) is 0 Å². The van der Waals surface area contributed by atoms with E-state index in [0.29, 0.717) is 17.7 Å². The molecule has 130 valence electrons. The molecule has 2 atom stereocenters. The summed E-state index contributed by atoms with van der Waals surface area (Å²) in [5, 5.41) is 0. The van der Waals surface area contributed by atoms with Gasteiger partial charge in [0.15, 0.2) is 0 Å². The molecule has 0 aromatic carbocycles. The molecule has 1 amide bonds. The molecular weight excluding hydrogens is 298 g/mol. The normalized spacial score (nSPS) is 32.5. The highest BCUT2D eigenvalue weighted by Gasteiger charge is 2.61. The molecule has 2 aliphatic carbocycles. The molecule has 4 heteroatoms. The number of likely N-dealkylation sites (tertiary alicyclic amines) is 1. The number of nitrogens with zero attached hydrogens (tertiary/aromatic N) is 3. The summed E-state index contributed by atoms with van der Waals surface area (Å²) in [6.45, 7) is 11.8. The first-order valence-electron chi connectivity index (χ1n) is 9.38. The van der Waals surface area contributed by atoms with Crippen molar-refractivity contribution in [2.24, 2.45) is 22.7 Å². The standard InChI is InChI=1S/C20H29N3O/c1-15-19(2,3)17-4-7-20(15,12-17)18(24)23-9-5-16(6-10-23)13-22-11-8-21-14-22/h8,11,14,16-17H,1,4-7,9-10,12-13H2,2-3H3. The Kier molecular flexibility index (Phi) is 3.63. The van der Waals surface area contributed by atoms with Crippen LogP contribution in [0.1, 0.15) is 46.0 Å². The number of carbonyl (C=O) groups excluding carboxylic acids is 1. The largest absolute Gasteiger partial charge is 0.342 e. The predicted molar refractivity (Wildman–Crippen MR) is 94.2 cm³/mol. The van der Waals surface area contributed by atoms with Gasteiger partial charge in [0.25, 0.3) is 0 Å². The van der Waals surface area contributed by atoms with E-state index in [1.807, 2.05) is 18.7 Å². The Bertz CT molecular complexity index is 640. The molecule has 0 spiro atoms. The Morgan fingerprint density at radius 1 is 1.33 bits per heavy atom. The molecule has 1 aromatic heterocycles. The summed E-state index contributed by atoms with van der Waals surface area (Å²) in [7, 11) is 0. The minimum atomic E-state index is -0.245. The van der Waals surface area contributed by atoms with Crippen molar-refractivity contribution in [3.8, 4) is 0 Å². The molecule has 2 saturated carbocycles. The average molecular weight is 327 g/mol. The Balaban J connectivity index is 1.41. The van der Waals surface area contributed by atoms with Gasteiger partial charge in [0.1, 0.15) is 0 Å². The van der Waals surface area contributed by atoms with Gasteiger partial charge in [-0.25, -0.2) is 4.98 Å². The van der Waals surface area contributed by atoms with Crippen LogP contribution in [0.2, 0.25) is 0 Å². The fourth-order valence-corrected chi connectivity index (χ4v) is 5.44. The number of hydrogen-bond donors (Lipinski definition) is 0. The maximum absolute atomic E-state index is 13.4. The number of fused-ring (bicyclic) bond motifs is 2. The van der Waals surface area contributed by atoms with Crippen LogP contribution in [0, 0.1) is 22.7 Å². The van der Waals surface area contributed by atoms with Gasteiger partial charge in [0, 0.05) is 32.0 Å². The van der Waals surface area contributed by atoms with Crippen LogP contribution in [-0.2, 0) is 11.3 Å². The zero-order valence-electron chi connectivity index (χ0n) is 15.0. The highest BCUT2D eigenvalue weighted by Crippen LogP contribution is 2.66. The van der Waals surface area contributed by atoms with E-state index in [9.17, 15) is 4.79 Å². The summed E-state index contributed by atoms with van der Waals surface area (Å²) in [5.74, 6) is 1.68. The van der Waals surface area contributed by atoms with Gasteiger partial charge in [-0.3, -0.25) is 4.79 Å². The summed E-state index contributed by atoms with van der Waals surface area (Å²) in [6, 6.07) is 0. The van der Waals surface area contributed by atoms with Crippen molar-refractivity contribution in [3.05, 3.63) is 30.9 Å². The van der Waals surface area contributed by atoms with Crippen molar-refractivity contribution in [1.82, 2.24) is 14.5 Å². The van der Waals surface area contributed by atoms with Gasteiger partial charge in [-0.2, -0.15) is 0 Å². The maximum Gasteiger partial charge on any atom is 0.232 e. The maximum atomic E-state index is 13.4. The monoisotopic (exact) mass is 327 g/mol. The smallest absolute Gasteiger partial charge is 0.232 e. The highest BCUT2D eigenvalue weighted by molar-refractivity contribution is 5.87. The lowest BCUT2D eigenvalue weighted by molar-refractivity contribution is -0.141. The van der Waals surface area contributed by atoms with E-state index < -0.39 is 0 Å². The van der Waals surface area contributed by atoms with Crippen LogP contribution in [0.4, 0.5) is 0 Å². The van der Waals surface area contributed by atoms with Crippen molar-refractivity contribution in [2.75, 3.05) is 13.1 Å². The van der Waals surface area contributed by atoms with Crippen molar-refractivity contribution in [3.63, 3.8) is 0 Å². The SMILES string of the molecule is C=C1C2(C(=O)N3CCC(Cn4ccnc4)CC3)CCC(C2)C1(C)C. The topological polar surface area (TPSA) is 38.1 Å². The lowest BCUT2D eigenvalue weighted by Gasteiger charge is -2.41. The zero-order chi connectivity index (χ0) is 16.9. The lowest BCUT2D eigenvalue weighted by Crippen LogP contribution is -2.47. The van der Waals surface area contributed by atoms with E-state index in [-0.39, 0.29) is 10.8 Å². The van der Waals surface area contributed by atoms with Crippen LogP contribution >= 0.6 is 0 Å². The first-order chi connectivity index (χ1) is 11.4. The molecule has 4 nitrogen and oxygen atoms in total. The third-order valence-electron chi connectivity index (χ3n) is 7.23. The molecule has 2 heterocycles. The molecule has 2 bridgehead atoms. The molecule has 4 rings (SSSR count). The highest BCUT2D eigenvalue weighted by atomic mass is 16.2. The summed E-state index contributed by atoms with van der Waals surface area (Å²) < 4.78 is 2.16. The fourth-order valence-electron chi connectivity index (χ4n) is 5.44. The van der Waals surface area contributed by atoms with Crippen LogP contribution in [-0.4, -0.2) is 33.4 Å². The summed E-state index contributed by atoms with van der Waals surface area (Å²) in [5.41, 5.74) is 1.09. The minimum absolute atomic E-state index is 0.133. The van der Waals surface area contributed by atoms with Gasteiger partial charge in [0.05, 0.1) is 11.7 Å². The number of rotatable bonds is 3. The average Bonchev–Trinajstić information content (AvgIpc) is 3.27. The third-order valence-corrected chi connectivity index (χ3v) is 7.23. The fraction of sp³-hybridized carbons (Fsp3) is 0.700. The van der Waals surface area contributed by atoms with Crippen molar-refractivity contribution < 1.29 is 4.79 Å². The number of aromatic nitrogens is 2. The second-order valence-corrected chi connectivity index (χ2v) is 8.72. The Labute approximate surface area is 144 Å². The Hall–Kier alpha value is -1.58. The number of piperidine rings is 1. The van der Waals surface area contributed by atoms with Crippen molar-refractivity contribution >= 4 is 5.91 Å². The Morgan fingerprint density at radius 2 is 2.08 bits per heavy atom. The first kappa shape index (κ1) is 15.9. The van der Waals surface area contributed by atoms with Gasteiger partial charge < -0.3 is 9.47 Å². The molecule has 24 heavy (non-hydrogen) atoms. The zero-order valence-corrected chi connectivity index (χ0v) is 15.0. The molecule has 0 N–H and O–H groups in total. The number of amides is 1. The quantitative estimate of drug-likeness (QED) is 0.797. The number of carbonyl (C=O) groups is 1. The number of imidazole rings is 1. The second kappa shape index (κ2) is 5.47. The van der Waals surface area contributed by atoms with Gasteiger partial charge >= 0.3 is 0 Å². The molecule has 3 fully saturated rings. The minimum Gasteiger partial charge on any atom is -0.342 e. The summed E-state index contributed by atoms with van der Waals surface area (Å²) >= 11 is 0. The van der Waals surface area contributed by atoms with Crippen LogP contribution < -0.4 is 0 Å². The third kappa shape index (κ3) is 2.26. The molecule has 1 aliphatic heterocycles. The molecule has 2 unspecified atom stereocenters. The van der Waals surface area contributed by atoms with Gasteiger partial charge in [-0.1, -0.05) is 26.0 Å². The predicted octanol–water partition coefficient (Wildman–Crippen LogP) is 3.50. The Morgan fingerprint density at radius 3 is 2.67 bits per heavy atom. The summed E-state index contributed by atoms with van der Waals surface area (Å²) in [4.78, 5) is 19.6. The van der Waals surface area contributed by atoms with E-state index in [4.69, 9.17) is 0 Å². The van der Waals surface area contributed by atoms with Gasteiger partial charge in [0.2, 0.25) is 5.91 Å². The van der Waals surface area contributed by atoms with Crippen LogP contribution in [0.15, 0.2) is 30.9 Å². The summed E-state index contributed by atoms with van der Waals surface area (Å²) in [6.07, 6.45) is 11.2. The second-order valence-electron chi connectivity index (χ2n) is 8.72. The molecule has 1 saturated heterocycles. The van der Waals surface area contributed by atoms with Crippen LogP contribution in [0.3, 0.4) is 0 Å². The van der Waals surface area contributed by atoms with E-state index in [2.05, 4.69) is 34.9 Å². The van der Waals surface area contributed by atoms with Crippen molar-refractivity contribution in [2.45, 2.75) is 52.5 Å².